The maximum atomic E-state index is 4.95. The van der Waals surface area contributed by atoms with Crippen LogP contribution in [-0.4, -0.2) is 24.1 Å². The lowest BCUT2D eigenvalue weighted by Crippen LogP contribution is -3.07. The molecule has 52 valence electrons. The monoisotopic (exact) mass is 144 g/mol. The van der Waals surface area contributed by atoms with Crippen molar-refractivity contribution in [1.29, 1.82) is 0 Å². The first kappa shape index (κ1) is 8.59. The highest BCUT2D eigenvalue weighted by molar-refractivity contribution is 7.79. The van der Waals surface area contributed by atoms with E-state index in [1.807, 2.05) is 14.1 Å². The van der Waals surface area contributed by atoms with E-state index >= 15 is 0 Å². The summed E-state index contributed by atoms with van der Waals surface area (Å²) >= 11 is 4.95. The molecule has 0 amide bonds. The van der Waals surface area contributed by atoms with Gasteiger partial charge in [0.05, 0.1) is 0 Å². The molecule has 0 saturated carbocycles. The molecule has 0 radical (unpaired) electrons. The summed E-state index contributed by atoms with van der Waals surface area (Å²) in [4.78, 5) is 2.66. The van der Waals surface area contributed by atoms with E-state index in [9.17, 15) is 0 Å². The van der Waals surface area contributed by atoms with Gasteiger partial charge in [0.1, 0.15) is 0 Å². The Hall–Kier alpha value is -0.410. The second-order valence-corrected chi connectivity index (χ2v) is 2.27. The van der Waals surface area contributed by atoms with E-state index in [1.165, 1.54) is 0 Å². The molecule has 1 atom stereocenters. The number of nitrogens with one attached hydrogen (secondary N) is 1. The molecule has 3 heteroatoms. The summed E-state index contributed by atoms with van der Waals surface area (Å²) in [5.41, 5.74) is 0. The summed E-state index contributed by atoms with van der Waals surface area (Å²) in [5, 5.41) is 0.741. The SMILES string of the molecule is C=CN(C)C(=S)[NH+]([CH2-])C. The molecule has 0 aliphatic carbocycles. The first-order valence-electron chi connectivity index (χ1n) is 2.64. The topological polar surface area (TPSA) is 7.68 Å². The Labute approximate surface area is 61.8 Å². The minimum atomic E-state index is 0.741. The Balaban J connectivity index is 3.87. The molecule has 0 heterocycles. The molecule has 2 nitrogen and oxygen atoms in total. The molecule has 0 aromatic heterocycles. The predicted octanol–water partition coefficient (Wildman–Crippen LogP) is -0.347. The van der Waals surface area contributed by atoms with E-state index < -0.39 is 0 Å². The Morgan fingerprint density at radius 3 is 2.44 bits per heavy atom. The third kappa shape index (κ3) is 2.58. The second-order valence-electron chi connectivity index (χ2n) is 1.88. The number of hydrogen-bond acceptors (Lipinski definition) is 1. The smallest absolute Gasteiger partial charge is 0.247 e. The van der Waals surface area contributed by atoms with Crippen molar-refractivity contribution in [3.63, 3.8) is 0 Å². The summed E-state index contributed by atoms with van der Waals surface area (Å²) < 4.78 is 0. The molecular formula is C6H12N2S. The van der Waals surface area contributed by atoms with E-state index in [4.69, 9.17) is 12.2 Å². The lowest BCUT2D eigenvalue weighted by Gasteiger charge is -2.20. The highest BCUT2D eigenvalue weighted by Crippen LogP contribution is 1.77. The minimum Gasteiger partial charge on any atom is -0.412 e. The molecule has 0 bridgehead atoms. The lowest BCUT2D eigenvalue weighted by molar-refractivity contribution is -0.731. The van der Waals surface area contributed by atoms with E-state index in [-0.39, 0.29) is 0 Å². The molecule has 0 aromatic carbocycles. The molecule has 0 aliphatic heterocycles. The third-order valence-corrected chi connectivity index (χ3v) is 1.60. The Kier molecular flexibility index (Phi) is 3.42. The van der Waals surface area contributed by atoms with Crippen LogP contribution < -0.4 is 4.90 Å². The lowest BCUT2D eigenvalue weighted by atomic mass is 10.7. The Bertz CT molecular complexity index is 120. The number of hydrogen-bond donors (Lipinski definition) is 1. The van der Waals surface area contributed by atoms with Crippen LogP contribution in [0, 0.1) is 7.05 Å². The maximum absolute atomic E-state index is 4.95. The predicted molar refractivity (Wildman–Crippen MR) is 42.8 cm³/mol. The van der Waals surface area contributed by atoms with Crippen LogP contribution in [-0.2, 0) is 0 Å². The molecular weight excluding hydrogens is 132 g/mol. The van der Waals surface area contributed by atoms with E-state index in [0.717, 1.165) is 10.0 Å². The zero-order chi connectivity index (χ0) is 7.44. The van der Waals surface area contributed by atoms with E-state index in [1.54, 1.807) is 11.1 Å². The van der Waals surface area contributed by atoms with Gasteiger partial charge in [-0.1, -0.05) is 6.58 Å². The zero-order valence-electron chi connectivity index (χ0n) is 5.85. The van der Waals surface area contributed by atoms with Gasteiger partial charge in [0, 0.05) is 32.5 Å². The van der Waals surface area contributed by atoms with Crippen molar-refractivity contribution in [2.45, 2.75) is 0 Å². The molecule has 0 saturated heterocycles. The molecule has 1 N–H and O–H groups in total. The van der Waals surface area contributed by atoms with Crippen LogP contribution in [0.15, 0.2) is 12.8 Å². The number of quaternary nitrogens is 1. The van der Waals surface area contributed by atoms with Gasteiger partial charge in [-0.3, -0.25) is 0 Å². The zero-order valence-corrected chi connectivity index (χ0v) is 6.66. The standard InChI is InChI=1S/C6H12N2S/c1-5-8(4)6(9)7(2)3/h5,7H,1-2H2,3-4H3. The summed E-state index contributed by atoms with van der Waals surface area (Å²) in [7, 11) is 7.42. The Morgan fingerprint density at radius 2 is 2.33 bits per heavy atom. The maximum Gasteiger partial charge on any atom is 0.247 e. The molecule has 0 aliphatic rings. The van der Waals surface area contributed by atoms with Gasteiger partial charge in [-0.25, -0.2) is 0 Å². The van der Waals surface area contributed by atoms with Crippen LogP contribution in [0.2, 0.25) is 0 Å². The highest BCUT2D eigenvalue weighted by atomic mass is 32.1. The van der Waals surface area contributed by atoms with Crippen molar-refractivity contribution in [3.05, 3.63) is 19.8 Å². The molecule has 0 rings (SSSR count). The van der Waals surface area contributed by atoms with Gasteiger partial charge in [0.25, 0.3) is 0 Å². The fourth-order valence-corrected chi connectivity index (χ4v) is 0.459. The first-order valence-corrected chi connectivity index (χ1v) is 3.05. The molecule has 1 unspecified atom stereocenters. The number of thiocarbonyl (C=S) groups is 1. The third-order valence-electron chi connectivity index (χ3n) is 0.959. The normalized spacial score (nSPS) is 12.3. The van der Waals surface area contributed by atoms with Crippen molar-refractivity contribution in [3.8, 4) is 0 Å². The fourth-order valence-electron chi connectivity index (χ4n) is 0.384. The average molecular weight is 144 g/mol. The van der Waals surface area contributed by atoms with Gasteiger partial charge in [0.2, 0.25) is 5.11 Å². The summed E-state index contributed by atoms with van der Waals surface area (Å²) in [6.45, 7) is 3.56. The van der Waals surface area contributed by atoms with Gasteiger partial charge in [-0.2, -0.15) is 0 Å². The van der Waals surface area contributed by atoms with Crippen molar-refractivity contribution in [2.75, 3.05) is 14.1 Å². The molecule has 0 spiro atoms. The average Bonchev–Trinajstić information content (AvgIpc) is 1.84. The summed E-state index contributed by atoms with van der Waals surface area (Å²) in [6, 6.07) is 0. The van der Waals surface area contributed by atoms with Crippen LogP contribution in [0.1, 0.15) is 0 Å². The summed E-state index contributed by atoms with van der Waals surface area (Å²) in [5.74, 6) is 0. The molecule has 0 fully saturated rings. The van der Waals surface area contributed by atoms with Gasteiger partial charge < -0.3 is 9.80 Å². The van der Waals surface area contributed by atoms with Crippen LogP contribution in [0.4, 0.5) is 0 Å². The van der Waals surface area contributed by atoms with Gasteiger partial charge in [-0.05, 0) is 0 Å². The van der Waals surface area contributed by atoms with Crippen molar-refractivity contribution in [2.24, 2.45) is 0 Å². The van der Waals surface area contributed by atoms with Crippen LogP contribution >= 0.6 is 12.2 Å². The summed E-state index contributed by atoms with van der Waals surface area (Å²) in [6.07, 6.45) is 1.66. The quantitative estimate of drug-likeness (QED) is 0.397. The van der Waals surface area contributed by atoms with Gasteiger partial charge in [-0.15, -0.1) is 7.05 Å². The molecule has 9 heavy (non-hydrogen) atoms. The minimum absolute atomic E-state index is 0.741. The largest absolute Gasteiger partial charge is 0.412 e. The van der Waals surface area contributed by atoms with E-state index in [2.05, 4.69) is 13.6 Å². The fraction of sp³-hybridized carbons (Fsp3) is 0.333. The highest BCUT2D eigenvalue weighted by Gasteiger charge is 2.01. The van der Waals surface area contributed by atoms with Crippen LogP contribution in [0.25, 0.3) is 0 Å². The van der Waals surface area contributed by atoms with Crippen molar-refractivity contribution in [1.82, 2.24) is 4.90 Å². The van der Waals surface area contributed by atoms with Crippen molar-refractivity contribution < 1.29 is 4.90 Å². The number of nitrogens with zero attached hydrogens (tertiary/aromatic N) is 1. The van der Waals surface area contributed by atoms with Crippen molar-refractivity contribution >= 4 is 17.3 Å². The Morgan fingerprint density at radius 1 is 1.89 bits per heavy atom. The van der Waals surface area contributed by atoms with Gasteiger partial charge in [0.15, 0.2) is 0 Å². The van der Waals surface area contributed by atoms with Crippen LogP contribution in [0.5, 0.6) is 0 Å². The number of rotatable bonds is 1. The first-order chi connectivity index (χ1) is 4.09. The molecule has 0 aromatic rings. The van der Waals surface area contributed by atoms with Gasteiger partial charge >= 0.3 is 0 Å². The second kappa shape index (κ2) is 3.58. The van der Waals surface area contributed by atoms with E-state index in [0.29, 0.717) is 0 Å². The van der Waals surface area contributed by atoms with Crippen LogP contribution in [0.3, 0.4) is 0 Å².